The third-order valence-corrected chi connectivity index (χ3v) is 7.08. The highest BCUT2D eigenvalue weighted by molar-refractivity contribution is 9.10. The number of amides is 1. The van der Waals surface area contributed by atoms with Crippen LogP contribution >= 0.6 is 15.9 Å². The molecule has 3 aromatic rings. The minimum absolute atomic E-state index is 0.0944. The summed E-state index contributed by atoms with van der Waals surface area (Å²) in [5.41, 5.74) is 4.41. The van der Waals surface area contributed by atoms with Gasteiger partial charge in [0, 0.05) is 42.8 Å². The lowest BCUT2D eigenvalue weighted by molar-refractivity contribution is 0.0628. The molecule has 1 aliphatic heterocycles. The second-order valence-corrected chi connectivity index (χ2v) is 10.8. The lowest BCUT2D eigenvalue weighted by atomic mass is 9.87. The lowest BCUT2D eigenvalue weighted by Gasteiger charge is -2.35. The lowest BCUT2D eigenvalue weighted by Crippen LogP contribution is -2.48. The molecular formula is C29H33BrN2O2. The van der Waals surface area contributed by atoms with Gasteiger partial charge in [-0.3, -0.25) is 9.69 Å². The number of rotatable bonds is 6. The van der Waals surface area contributed by atoms with Gasteiger partial charge in [0.05, 0.1) is 0 Å². The average Bonchev–Trinajstić information content (AvgIpc) is 2.84. The standard InChI is InChI=1S/C29H33BrN2O2/c1-29(2,3)25-11-13-26(14-12-25)34-21-22-7-6-9-23(19-22)28(33)32-17-15-31(16-18-32)20-24-8-4-5-10-27(24)30/h4-14,19H,15-18,20-21H2,1-3H3. The van der Waals surface area contributed by atoms with E-state index in [2.05, 4.69) is 71.9 Å². The van der Waals surface area contributed by atoms with Gasteiger partial charge in [-0.15, -0.1) is 0 Å². The molecule has 0 atom stereocenters. The number of ether oxygens (including phenoxy) is 1. The quantitative estimate of drug-likeness (QED) is 0.383. The van der Waals surface area contributed by atoms with Gasteiger partial charge in [-0.25, -0.2) is 0 Å². The highest BCUT2D eigenvalue weighted by Gasteiger charge is 2.22. The Morgan fingerprint density at radius 1 is 0.912 bits per heavy atom. The molecule has 1 heterocycles. The van der Waals surface area contributed by atoms with E-state index in [9.17, 15) is 4.79 Å². The van der Waals surface area contributed by atoms with E-state index in [-0.39, 0.29) is 11.3 Å². The van der Waals surface area contributed by atoms with E-state index < -0.39 is 0 Å². The molecule has 5 heteroatoms. The minimum Gasteiger partial charge on any atom is -0.489 e. The van der Waals surface area contributed by atoms with Gasteiger partial charge in [-0.05, 0) is 52.4 Å². The summed E-state index contributed by atoms with van der Waals surface area (Å²) in [6.07, 6.45) is 0. The number of hydrogen-bond acceptors (Lipinski definition) is 3. The molecule has 178 valence electrons. The summed E-state index contributed by atoms with van der Waals surface area (Å²) in [4.78, 5) is 17.5. The Bertz CT molecular complexity index is 1110. The van der Waals surface area contributed by atoms with Crippen LogP contribution in [0.25, 0.3) is 0 Å². The smallest absolute Gasteiger partial charge is 0.253 e. The Balaban J connectivity index is 1.31. The normalized spacial score (nSPS) is 14.8. The number of hydrogen-bond donors (Lipinski definition) is 0. The van der Waals surface area contributed by atoms with E-state index in [0.29, 0.717) is 6.61 Å². The van der Waals surface area contributed by atoms with Crippen molar-refractivity contribution in [3.05, 3.63) is 99.5 Å². The number of nitrogens with zero attached hydrogens (tertiary/aromatic N) is 2. The van der Waals surface area contributed by atoms with E-state index in [1.54, 1.807) is 0 Å². The molecular weight excluding hydrogens is 488 g/mol. The molecule has 4 rings (SSSR count). The molecule has 4 nitrogen and oxygen atoms in total. The van der Waals surface area contributed by atoms with Crippen molar-refractivity contribution in [1.82, 2.24) is 9.80 Å². The highest BCUT2D eigenvalue weighted by atomic mass is 79.9. The maximum absolute atomic E-state index is 13.1. The summed E-state index contributed by atoms with van der Waals surface area (Å²) >= 11 is 3.63. The number of carbonyl (C=O) groups is 1. The van der Waals surface area contributed by atoms with Gasteiger partial charge in [0.15, 0.2) is 0 Å². The second-order valence-electron chi connectivity index (χ2n) is 9.92. The molecule has 1 fully saturated rings. The van der Waals surface area contributed by atoms with Crippen LogP contribution in [0.5, 0.6) is 5.75 Å². The Kier molecular flexibility index (Phi) is 7.74. The zero-order valence-corrected chi connectivity index (χ0v) is 21.8. The molecule has 0 spiro atoms. The fourth-order valence-electron chi connectivity index (χ4n) is 4.17. The summed E-state index contributed by atoms with van der Waals surface area (Å²) in [5.74, 6) is 0.933. The Morgan fingerprint density at radius 3 is 2.29 bits per heavy atom. The summed E-state index contributed by atoms with van der Waals surface area (Å²) in [7, 11) is 0. The molecule has 0 saturated carbocycles. The largest absolute Gasteiger partial charge is 0.489 e. The summed E-state index contributed by atoms with van der Waals surface area (Å²) < 4.78 is 7.12. The van der Waals surface area contributed by atoms with Gasteiger partial charge in [0.2, 0.25) is 0 Å². The predicted molar refractivity (Wildman–Crippen MR) is 141 cm³/mol. The maximum Gasteiger partial charge on any atom is 0.253 e. The number of halogens is 1. The summed E-state index contributed by atoms with van der Waals surface area (Å²) in [5, 5.41) is 0. The third kappa shape index (κ3) is 6.28. The van der Waals surface area contributed by atoms with E-state index in [1.165, 1.54) is 11.1 Å². The monoisotopic (exact) mass is 520 g/mol. The van der Waals surface area contributed by atoms with Crippen LogP contribution in [0.4, 0.5) is 0 Å². The van der Waals surface area contributed by atoms with E-state index in [4.69, 9.17) is 4.74 Å². The van der Waals surface area contributed by atoms with E-state index >= 15 is 0 Å². The van der Waals surface area contributed by atoms with Gasteiger partial charge in [-0.1, -0.05) is 79.2 Å². The maximum atomic E-state index is 13.1. The topological polar surface area (TPSA) is 32.8 Å². The molecule has 0 radical (unpaired) electrons. The van der Waals surface area contributed by atoms with Crippen molar-refractivity contribution >= 4 is 21.8 Å². The van der Waals surface area contributed by atoms with Crippen LogP contribution in [-0.2, 0) is 18.6 Å². The van der Waals surface area contributed by atoms with E-state index in [1.807, 2.05) is 47.4 Å². The molecule has 3 aromatic carbocycles. The van der Waals surface area contributed by atoms with Crippen LogP contribution in [-0.4, -0.2) is 41.9 Å². The van der Waals surface area contributed by atoms with Crippen molar-refractivity contribution in [1.29, 1.82) is 0 Å². The Morgan fingerprint density at radius 2 is 1.62 bits per heavy atom. The van der Waals surface area contributed by atoms with Gasteiger partial charge in [0.1, 0.15) is 12.4 Å². The molecule has 0 unspecified atom stereocenters. The fraction of sp³-hybridized carbons (Fsp3) is 0.345. The van der Waals surface area contributed by atoms with Crippen LogP contribution in [0.3, 0.4) is 0 Å². The van der Waals surface area contributed by atoms with Crippen LogP contribution < -0.4 is 4.74 Å². The van der Waals surface area contributed by atoms with Crippen molar-refractivity contribution in [3.63, 3.8) is 0 Å². The Labute approximate surface area is 211 Å². The van der Waals surface area contributed by atoms with Crippen molar-refractivity contribution in [2.75, 3.05) is 26.2 Å². The van der Waals surface area contributed by atoms with Crippen LogP contribution in [0.15, 0.2) is 77.3 Å². The molecule has 0 aromatic heterocycles. The number of benzene rings is 3. The molecule has 0 aliphatic carbocycles. The summed E-state index contributed by atoms with van der Waals surface area (Å²) in [6, 6.07) is 24.4. The molecule has 1 saturated heterocycles. The number of piperazine rings is 1. The van der Waals surface area contributed by atoms with Crippen molar-refractivity contribution in [2.24, 2.45) is 0 Å². The predicted octanol–water partition coefficient (Wildman–Crippen LogP) is 6.28. The van der Waals surface area contributed by atoms with Gasteiger partial charge in [0.25, 0.3) is 5.91 Å². The first kappa shape index (κ1) is 24.5. The fourth-order valence-corrected chi connectivity index (χ4v) is 4.58. The molecule has 1 aliphatic rings. The van der Waals surface area contributed by atoms with Crippen LogP contribution in [0, 0.1) is 0 Å². The SMILES string of the molecule is CC(C)(C)c1ccc(OCc2cccc(C(=O)N3CCN(Cc4ccccc4Br)CC3)c2)cc1. The molecule has 1 amide bonds. The first-order valence-corrected chi connectivity index (χ1v) is 12.7. The number of carbonyl (C=O) groups excluding carboxylic acids is 1. The highest BCUT2D eigenvalue weighted by Crippen LogP contribution is 2.25. The van der Waals surface area contributed by atoms with Crippen LogP contribution in [0.1, 0.15) is 47.8 Å². The average molecular weight is 521 g/mol. The summed E-state index contributed by atoms with van der Waals surface area (Å²) in [6.45, 7) is 11.2. The zero-order valence-electron chi connectivity index (χ0n) is 20.3. The Hall–Kier alpha value is -2.63. The first-order valence-electron chi connectivity index (χ1n) is 11.9. The van der Waals surface area contributed by atoms with Gasteiger partial charge in [-0.2, -0.15) is 0 Å². The molecule has 0 N–H and O–H groups in total. The van der Waals surface area contributed by atoms with Gasteiger partial charge < -0.3 is 9.64 Å². The van der Waals surface area contributed by atoms with Crippen molar-refractivity contribution < 1.29 is 9.53 Å². The van der Waals surface area contributed by atoms with Gasteiger partial charge >= 0.3 is 0 Å². The molecule has 0 bridgehead atoms. The third-order valence-electron chi connectivity index (χ3n) is 6.31. The minimum atomic E-state index is 0.0944. The van der Waals surface area contributed by atoms with Crippen molar-refractivity contribution in [2.45, 2.75) is 39.3 Å². The second kappa shape index (κ2) is 10.7. The van der Waals surface area contributed by atoms with Crippen molar-refractivity contribution in [3.8, 4) is 5.75 Å². The first-order chi connectivity index (χ1) is 16.3. The molecule has 34 heavy (non-hydrogen) atoms. The van der Waals surface area contributed by atoms with Crippen LogP contribution in [0.2, 0.25) is 0 Å². The zero-order chi connectivity index (χ0) is 24.1. The van der Waals surface area contributed by atoms with E-state index in [0.717, 1.165) is 54.1 Å².